The highest BCUT2D eigenvalue weighted by atomic mass is 79.9. The summed E-state index contributed by atoms with van der Waals surface area (Å²) < 4.78 is 14.5. The van der Waals surface area contributed by atoms with Crippen molar-refractivity contribution in [2.24, 2.45) is 0 Å². The molecule has 180 valence electrons. The topological polar surface area (TPSA) is 82.5 Å². The van der Waals surface area contributed by atoms with E-state index in [2.05, 4.69) is 26.0 Å². The first kappa shape index (κ1) is 22.5. The molecule has 7 nitrogen and oxygen atoms in total. The molecular formula is C27H13BrCl2N4O3. The van der Waals surface area contributed by atoms with E-state index >= 15 is 0 Å². The molecule has 1 aliphatic rings. The van der Waals surface area contributed by atoms with Gasteiger partial charge in [0.25, 0.3) is 0 Å². The molecule has 0 amide bonds. The Balaban J connectivity index is 1.56. The van der Waals surface area contributed by atoms with E-state index < -0.39 is 11.5 Å². The van der Waals surface area contributed by atoms with Crippen molar-refractivity contribution >= 4 is 55.7 Å². The Morgan fingerprint density at radius 2 is 1.78 bits per heavy atom. The Morgan fingerprint density at radius 1 is 0.973 bits per heavy atom. The number of aromatic nitrogens is 4. The molecule has 0 fully saturated rings. The van der Waals surface area contributed by atoms with Gasteiger partial charge in [-0.25, -0.2) is 19.3 Å². The Hall–Kier alpha value is -3.72. The van der Waals surface area contributed by atoms with Gasteiger partial charge in [0.2, 0.25) is 5.88 Å². The summed E-state index contributed by atoms with van der Waals surface area (Å²) in [7, 11) is 0. The molecule has 3 aromatic carbocycles. The van der Waals surface area contributed by atoms with E-state index in [4.69, 9.17) is 37.3 Å². The van der Waals surface area contributed by atoms with Crippen molar-refractivity contribution in [2.45, 2.75) is 5.92 Å². The zero-order chi connectivity index (χ0) is 25.3. The van der Waals surface area contributed by atoms with E-state index in [9.17, 15) is 4.79 Å². The maximum absolute atomic E-state index is 13.5. The van der Waals surface area contributed by atoms with E-state index in [1.54, 1.807) is 41.2 Å². The monoisotopic (exact) mass is 590 g/mol. The van der Waals surface area contributed by atoms with Crippen LogP contribution in [0.15, 0.2) is 86.7 Å². The molecule has 3 aromatic heterocycles. The largest absolute Gasteiger partial charge is 0.437 e. The average molecular weight is 592 g/mol. The molecule has 0 spiro atoms. The van der Waals surface area contributed by atoms with E-state index in [1.807, 2.05) is 36.4 Å². The first-order chi connectivity index (χ1) is 18.0. The molecule has 1 atom stereocenters. The minimum absolute atomic E-state index is 0.304. The van der Waals surface area contributed by atoms with Crippen LogP contribution in [0.2, 0.25) is 10.0 Å². The first-order valence-electron chi connectivity index (χ1n) is 11.2. The summed E-state index contributed by atoms with van der Waals surface area (Å²) in [5, 5.41) is 6.14. The summed E-state index contributed by atoms with van der Waals surface area (Å²) in [5.74, 6) is 0.490. The van der Waals surface area contributed by atoms with Gasteiger partial charge in [-0.1, -0.05) is 69.5 Å². The van der Waals surface area contributed by atoms with E-state index in [0.29, 0.717) is 60.8 Å². The van der Waals surface area contributed by atoms with Gasteiger partial charge in [-0.2, -0.15) is 0 Å². The van der Waals surface area contributed by atoms with Crippen molar-refractivity contribution in [2.75, 3.05) is 0 Å². The molecule has 1 unspecified atom stereocenters. The maximum atomic E-state index is 13.5. The quantitative estimate of drug-likeness (QED) is 0.197. The second kappa shape index (κ2) is 8.41. The van der Waals surface area contributed by atoms with Crippen LogP contribution in [0.5, 0.6) is 11.6 Å². The molecule has 7 rings (SSSR count). The van der Waals surface area contributed by atoms with Crippen molar-refractivity contribution in [1.82, 2.24) is 19.6 Å². The van der Waals surface area contributed by atoms with Crippen molar-refractivity contribution < 1.29 is 9.15 Å². The van der Waals surface area contributed by atoms with Crippen molar-refractivity contribution in [3.8, 4) is 23.0 Å². The van der Waals surface area contributed by atoms with E-state index in [-0.39, 0.29) is 0 Å². The van der Waals surface area contributed by atoms with Gasteiger partial charge in [-0.15, -0.1) is 5.10 Å². The SMILES string of the molecule is O=c1oc2ccccc2c2c1C(c1ccc(Cl)cc1Cl)c1c(ncn3nc(-c4ccc(Br)cc4)nc13)O2. The standard InChI is InChI=1S/C27H13BrCl2N4O3/c28-14-7-5-13(6-8-14)24-32-25-22-20(16-10-9-15(29)11-18(16)30)21-23(37-26(22)31-12-34(25)33-24)17-3-1-2-4-19(17)36-27(21)35/h1-12,20H. The molecule has 0 aliphatic carbocycles. The van der Waals surface area contributed by atoms with Crippen LogP contribution in [-0.2, 0) is 0 Å². The maximum Gasteiger partial charge on any atom is 0.344 e. The average Bonchev–Trinajstić information content (AvgIpc) is 3.33. The number of fused-ring (bicyclic) bond motifs is 6. The van der Waals surface area contributed by atoms with Gasteiger partial charge in [0.15, 0.2) is 17.2 Å². The van der Waals surface area contributed by atoms with Crippen LogP contribution in [0, 0.1) is 0 Å². The number of nitrogens with zero attached hydrogens (tertiary/aromatic N) is 4. The first-order valence-corrected chi connectivity index (χ1v) is 12.7. The lowest BCUT2D eigenvalue weighted by Gasteiger charge is -2.27. The lowest BCUT2D eigenvalue weighted by atomic mass is 9.84. The number of halogens is 3. The van der Waals surface area contributed by atoms with Gasteiger partial charge < -0.3 is 9.15 Å². The van der Waals surface area contributed by atoms with Crippen LogP contribution in [0.25, 0.3) is 28.0 Å². The molecule has 1 aliphatic heterocycles. The molecule has 6 aromatic rings. The summed E-state index contributed by atoms with van der Waals surface area (Å²) in [6.45, 7) is 0. The third-order valence-corrected chi connectivity index (χ3v) is 7.43. The van der Waals surface area contributed by atoms with Gasteiger partial charge in [-0.05, 0) is 42.0 Å². The van der Waals surface area contributed by atoms with Crippen LogP contribution < -0.4 is 10.4 Å². The van der Waals surface area contributed by atoms with Crippen LogP contribution in [0.1, 0.15) is 22.6 Å². The minimum atomic E-state index is -0.692. The smallest absolute Gasteiger partial charge is 0.344 e. The van der Waals surface area contributed by atoms with Gasteiger partial charge in [0.1, 0.15) is 11.9 Å². The second-order valence-corrected chi connectivity index (χ2v) is 10.3. The number of hydrogen-bond acceptors (Lipinski definition) is 6. The van der Waals surface area contributed by atoms with Crippen molar-refractivity contribution in [3.63, 3.8) is 0 Å². The van der Waals surface area contributed by atoms with Crippen LogP contribution in [0.3, 0.4) is 0 Å². The lowest BCUT2D eigenvalue weighted by Crippen LogP contribution is -2.22. The normalized spacial score (nSPS) is 14.4. The van der Waals surface area contributed by atoms with E-state index in [0.717, 1.165) is 10.0 Å². The zero-order valence-electron chi connectivity index (χ0n) is 18.7. The Bertz CT molecular complexity index is 1940. The molecule has 0 bridgehead atoms. The third-order valence-electron chi connectivity index (χ3n) is 6.34. The second-order valence-electron chi connectivity index (χ2n) is 8.50. The molecule has 10 heteroatoms. The Morgan fingerprint density at radius 3 is 2.59 bits per heavy atom. The molecule has 37 heavy (non-hydrogen) atoms. The summed E-state index contributed by atoms with van der Waals surface area (Å²) in [5.41, 5.74) is 2.68. The van der Waals surface area contributed by atoms with Crippen LogP contribution in [0.4, 0.5) is 0 Å². The highest BCUT2D eigenvalue weighted by molar-refractivity contribution is 9.10. The molecule has 0 saturated heterocycles. The fraction of sp³-hybridized carbons (Fsp3) is 0.0370. The lowest BCUT2D eigenvalue weighted by molar-refractivity contribution is 0.422. The number of para-hydroxylation sites is 1. The predicted octanol–water partition coefficient (Wildman–Crippen LogP) is 7.25. The van der Waals surface area contributed by atoms with Gasteiger partial charge in [0, 0.05) is 20.1 Å². The van der Waals surface area contributed by atoms with Gasteiger partial charge in [-0.3, -0.25) is 0 Å². The summed E-state index contributed by atoms with van der Waals surface area (Å²) in [4.78, 5) is 22.8. The van der Waals surface area contributed by atoms with Gasteiger partial charge in [0.05, 0.1) is 22.4 Å². The number of benzene rings is 3. The minimum Gasteiger partial charge on any atom is -0.437 e. The number of rotatable bonds is 2. The van der Waals surface area contributed by atoms with Gasteiger partial charge >= 0.3 is 5.63 Å². The number of ether oxygens (including phenoxy) is 1. The molecule has 0 N–H and O–H groups in total. The fourth-order valence-corrected chi connectivity index (χ4v) is 5.48. The Kier molecular flexibility index (Phi) is 5.11. The van der Waals surface area contributed by atoms with E-state index in [1.165, 1.54) is 0 Å². The van der Waals surface area contributed by atoms with Crippen LogP contribution >= 0.6 is 39.1 Å². The predicted molar refractivity (Wildman–Crippen MR) is 144 cm³/mol. The Labute approximate surface area is 227 Å². The third kappa shape index (κ3) is 3.55. The molecule has 4 heterocycles. The highest BCUT2D eigenvalue weighted by Gasteiger charge is 2.38. The number of hydrogen-bond donors (Lipinski definition) is 0. The van der Waals surface area contributed by atoms with Crippen LogP contribution in [-0.4, -0.2) is 19.6 Å². The summed E-state index contributed by atoms with van der Waals surface area (Å²) >= 11 is 16.4. The molecule has 0 radical (unpaired) electrons. The van der Waals surface area contributed by atoms with Crippen molar-refractivity contribution in [3.05, 3.63) is 115 Å². The molecule has 0 saturated carbocycles. The highest BCUT2D eigenvalue weighted by Crippen LogP contribution is 2.50. The summed E-state index contributed by atoms with van der Waals surface area (Å²) in [6, 6.07) is 20.0. The zero-order valence-corrected chi connectivity index (χ0v) is 21.8. The summed E-state index contributed by atoms with van der Waals surface area (Å²) in [6.07, 6.45) is 1.54. The molecular weight excluding hydrogens is 579 g/mol. The van der Waals surface area contributed by atoms with Crippen molar-refractivity contribution in [1.29, 1.82) is 0 Å². The fourth-order valence-electron chi connectivity index (χ4n) is 4.70.